The van der Waals surface area contributed by atoms with Crippen LogP contribution in [0.2, 0.25) is 0 Å². The number of imide groups is 1. The van der Waals surface area contributed by atoms with E-state index in [4.69, 9.17) is 11.6 Å². The molecular formula is C36H34ClF3N8O5. The van der Waals surface area contributed by atoms with Crippen molar-refractivity contribution in [3.63, 3.8) is 0 Å². The van der Waals surface area contributed by atoms with Gasteiger partial charge in [0.15, 0.2) is 0 Å². The molecule has 4 amide bonds. The van der Waals surface area contributed by atoms with Crippen molar-refractivity contribution >= 4 is 46.7 Å². The SMILES string of the molecule is CN(Cc1ccc2c(c1F)CN(C1CCC(=O)NC1=O)C2=O)C1CCN(c2ncc(C(=O)Nc3ccc(OC(F)(F)Cl)cc3)cc2-c2ccn[nH]2)CC1. The summed E-state index contributed by atoms with van der Waals surface area (Å²) in [4.78, 5) is 60.5. The van der Waals surface area contributed by atoms with Gasteiger partial charge in [-0.2, -0.15) is 5.10 Å². The summed E-state index contributed by atoms with van der Waals surface area (Å²) < 4.78 is 46.1. The van der Waals surface area contributed by atoms with Gasteiger partial charge in [0.25, 0.3) is 11.8 Å². The third-order valence-electron chi connectivity index (χ3n) is 9.80. The molecule has 2 fully saturated rings. The van der Waals surface area contributed by atoms with E-state index in [1.165, 1.54) is 35.4 Å². The van der Waals surface area contributed by atoms with Crippen LogP contribution in [0, 0.1) is 5.82 Å². The molecule has 13 nitrogen and oxygen atoms in total. The van der Waals surface area contributed by atoms with Crippen LogP contribution in [0.3, 0.4) is 0 Å². The Balaban J connectivity index is 0.995. The molecule has 1 unspecified atom stereocenters. The summed E-state index contributed by atoms with van der Waals surface area (Å²) in [5.41, 5.74) is -0.980. The zero-order valence-corrected chi connectivity index (χ0v) is 29.1. The fraction of sp³-hybridized carbons (Fsp3) is 0.333. The number of halogens is 4. The Bertz CT molecular complexity index is 2050. The predicted molar refractivity (Wildman–Crippen MR) is 187 cm³/mol. The van der Waals surface area contributed by atoms with Crippen LogP contribution in [0.4, 0.5) is 24.7 Å². The maximum Gasteiger partial charge on any atom is 0.487 e. The van der Waals surface area contributed by atoms with E-state index in [0.717, 1.165) is 12.8 Å². The van der Waals surface area contributed by atoms with E-state index < -0.39 is 35.1 Å². The highest BCUT2D eigenvalue weighted by molar-refractivity contribution is 6.20. The molecule has 0 spiro atoms. The van der Waals surface area contributed by atoms with Crippen molar-refractivity contribution in [2.45, 2.75) is 56.4 Å². The second kappa shape index (κ2) is 14.5. The molecule has 0 radical (unpaired) electrons. The summed E-state index contributed by atoms with van der Waals surface area (Å²) in [5.74, 6) is -1.78. The van der Waals surface area contributed by atoms with Crippen molar-refractivity contribution in [1.29, 1.82) is 0 Å². The quantitative estimate of drug-likeness (QED) is 0.152. The van der Waals surface area contributed by atoms with Crippen molar-refractivity contribution in [2.24, 2.45) is 0 Å². The van der Waals surface area contributed by atoms with E-state index in [1.807, 2.05) is 7.05 Å². The summed E-state index contributed by atoms with van der Waals surface area (Å²) in [5, 5.41) is 12.0. The van der Waals surface area contributed by atoms with Crippen molar-refractivity contribution in [3.05, 3.63) is 89.0 Å². The largest absolute Gasteiger partial charge is 0.487 e. The first kappa shape index (κ1) is 35.9. The number of rotatable bonds is 10. The molecule has 1 atom stereocenters. The number of hydrogen-bond donors (Lipinski definition) is 3. The lowest BCUT2D eigenvalue weighted by Gasteiger charge is -2.38. The molecule has 2 aromatic heterocycles. The predicted octanol–water partition coefficient (Wildman–Crippen LogP) is 4.89. The highest BCUT2D eigenvalue weighted by Crippen LogP contribution is 2.34. The van der Waals surface area contributed by atoms with E-state index in [1.54, 1.807) is 30.5 Å². The smallest absolute Gasteiger partial charge is 0.420 e. The monoisotopic (exact) mass is 750 g/mol. The number of aromatic nitrogens is 3. The zero-order chi connectivity index (χ0) is 37.4. The van der Waals surface area contributed by atoms with Gasteiger partial charge in [-0.1, -0.05) is 6.07 Å². The topological polar surface area (TPSA) is 153 Å². The lowest BCUT2D eigenvalue weighted by atomic mass is 10.00. The number of aromatic amines is 1. The number of alkyl halides is 3. The molecule has 7 rings (SSSR count). The summed E-state index contributed by atoms with van der Waals surface area (Å²) >= 11 is 4.82. The molecule has 3 aliphatic heterocycles. The molecule has 4 aromatic rings. The Labute approximate surface area is 306 Å². The van der Waals surface area contributed by atoms with Gasteiger partial charge in [0.1, 0.15) is 23.4 Å². The Kier molecular flexibility index (Phi) is 9.83. The fourth-order valence-electron chi connectivity index (χ4n) is 7.07. The molecule has 0 aliphatic carbocycles. The lowest BCUT2D eigenvalue weighted by molar-refractivity contribution is -0.136. The van der Waals surface area contributed by atoms with Crippen LogP contribution in [-0.4, -0.2) is 86.4 Å². The van der Waals surface area contributed by atoms with Crippen molar-refractivity contribution in [1.82, 2.24) is 30.3 Å². The van der Waals surface area contributed by atoms with Crippen LogP contribution in [0.25, 0.3) is 11.3 Å². The van der Waals surface area contributed by atoms with E-state index in [0.29, 0.717) is 48.0 Å². The number of benzene rings is 2. The first-order valence-electron chi connectivity index (χ1n) is 16.9. The average molecular weight is 751 g/mol. The van der Waals surface area contributed by atoms with E-state index in [2.05, 4.69) is 40.4 Å². The number of amides is 4. The zero-order valence-electron chi connectivity index (χ0n) is 28.4. The minimum Gasteiger partial charge on any atom is -0.420 e. The Morgan fingerprint density at radius 1 is 1.08 bits per heavy atom. The number of nitrogens with zero attached hydrogens (tertiary/aromatic N) is 5. The number of fused-ring (bicyclic) bond motifs is 1. The second-order valence-corrected chi connectivity index (χ2v) is 13.6. The molecule has 3 aliphatic rings. The van der Waals surface area contributed by atoms with Gasteiger partial charge in [0, 0.05) is 84.0 Å². The molecule has 5 heterocycles. The number of nitrogens with one attached hydrogen (secondary N) is 3. The average Bonchev–Trinajstić information content (AvgIpc) is 3.78. The first-order valence-corrected chi connectivity index (χ1v) is 17.3. The van der Waals surface area contributed by atoms with E-state index >= 15 is 4.39 Å². The number of hydrogen-bond acceptors (Lipinski definition) is 9. The van der Waals surface area contributed by atoms with Gasteiger partial charge < -0.3 is 19.9 Å². The Morgan fingerprint density at radius 2 is 1.83 bits per heavy atom. The molecule has 2 saturated heterocycles. The van der Waals surface area contributed by atoms with Crippen molar-refractivity contribution in [3.8, 4) is 17.0 Å². The van der Waals surface area contributed by atoms with Crippen molar-refractivity contribution in [2.75, 3.05) is 30.4 Å². The molecule has 17 heteroatoms. The van der Waals surface area contributed by atoms with Gasteiger partial charge in [-0.25, -0.2) is 9.37 Å². The van der Waals surface area contributed by atoms with Crippen LogP contribution in [0.5, 0.6) is 5.75 Å². The van der Waals surface area contributed by atoms with Crippen LogP contribution in [0.15, 0.2) is 60.9 Å². The molecule has 53 heavy (non-hydrogen) atoms. The number of piperidine rings is 2. The number of pyridine rings is 1. The van der Waals surface area contributed by atoms with Gasteiger partial charge in [0.2, 0.25) is 11.8 Å². The van der Waals surface area contributed by atoms with Crippen LogP contribution in [0.1, 0.15) is 57.5 Å². The summed E-state index contributed by atoms with van der Waals surface area (Å²) in [7, 11) is 1.93. The van der Waals surface area contributed by atoms with Gasteiger partial charge in [-0.15, -0.1) is 8.78 Å². The van der Waals surface area contributed by atoms with Crippen LogP contribution in [-0.2, 0) is 22.7 Å². The fourth-order valence-corrected chi connectivity index (χ4v) is 7.16. The molecule has 0 bridgehead atoms. The Morgan fingerprint density at radius 3 is 2.51 bits per heavy atom. The number of anilines is 2. The van der Waals surface area contributed by atoms with E-state index in [-0.39, 0.29) is 53.8 Å². The Hall–Kier alpha value is -5.48. The number of carbonyl (C=O) groups excluding carboxylic acids is 4. The number of carbonyl (C=O) groups is 4. The third kappa shape index (κ3) is 7.69. The number of H-pyrrole nitrogens is 1. The van der Waals surface area contributed by atoms with Gasteiger partial charge in [-0.3, -0.25) is 34.5 Å². The molecule has 0 saturated carbocycles. The van der Waals surface area contributed by atoms with Crippen molar-refractivity contribution < 1.29 is 37.1 Å². The normalized spacial score (nSPS) is 18.0. The summed E-state index contributed by atoms with van der Waals surface area (Å²) in [6.07, 6.45) is 4.88. The number of ether oxygens (including phenoxy) is 1. The van der Waals surface area contributed by atoms with Crippen LogP contribution >= 0.6 is 11.6 Å². The maximum absolute atomic E-state index is 15.9. The summed E-state index contributed by atoms with van der Waals surface area (Å²) in [6.45, 7) is 1.54. The van der Waals surface area contributed by atoms with Gasteiger partial charge in [0.05, 0.1) is 17.8 Å². The van der Waals surface area contributed by atoms with Crippen LogP contribution < -0.4 is 20.3 Å². The lowest BCUT2D eigenvalue weighted by Crippen LogP contribution is -2.52. The minimum absolute atomic E-state index is 0.0321. The second-order valence-electron chi connectivity index (χ2n) is 13.2. The molecule has 276 valence electrons. The van der Waals surface area contributed by atoms with E-state index in [9.17, 15) is 28.0 Å². The minimum atomic E-state index is -3.86. The highest BCUT2D eigenvalue weighted by Gasteiger charge is 2.40. The molecule has 2 aromatic carbocycles. The standard InChI is InChI=1S/C36H34ClF3N8O5/c1-46(18-20-2-7-25-27(31(20)38)19-48(35(25)52)29-8-9-30(49)44-34(29)51)23-11-14-47(15-12-23)32-26(28-10-13-42-45-28)16-21(17-41-32)33(50)43-22-3-5-24(6-4-22)53-36(37,39)40/h2-7,10,13,16-17,23,29H,8-9,11-12,14-15,18-19H2,1H3,(H,42,45)(H,43,50)(H,44,49,51). The molecule has 3 N–H and O–H groups in total. The highest BCUT2D eigenvalue weighted by atomic mass is 35.5. The maximum atomic E-state index is 15.9. The van der Waals surface area contributed by atoms with Gasteiger partial charge >= 0.3 is 5.57 Å². The first-order chi connectivity index (χ1) is 25.3. The molecular weight excluding hydrogens is 717 g/mol. The third-order valence-corrected chi connectivity index (χ3v) is 9.88. The summed E-state index contributed by atoms with van der Waals surface area (Å²) in [6, 6.07) is 11.4. The van der Waals surface area contributed by atoms with Gasteiger partial charge in [-0.05, 0) is 68.8 Å².